The summed E-state index contributed by atoms with van der Waals surface area (Å²) in [5.74, 6) is 0.331. The lowest BCUT2D eigenvalue weighted by Gasteiger charge is -2.44. The number of likely N-dealkylation sites (tertiary alicyclic amines) is 1. The number of amides is 2. The van der Waals surface area contributed by atoms with Crippen LogP contribution in [0.2, 0.25) is 0 Å². The Morgan fingerprint density at radius 2 is 1.83 bits per heavy atom. The summed E-state index contributed by atoms with van der Waals surface area (Å²) in [4.78, 5) is 41.5. The Morgan fingerprint density at radius 3 is 2.54 bits per heavy atom. The molecule has 4 heterocycles. The third-order valence-electron chi connectivity index (χ3n) is 10.5. The number of piperidine rings is 1. The molecule has 0 spiro atoms. The maximum absolute atomic E-state index is 14.0. The Morgan fingerprint density at radius 1 is 1.06 bits per heavy atom. The van der Waals surface area contributed by atoms with Gasteiger partial charge in [-0.2, -0.15) is 5.26 Å². The van der Waals surface area contributed by atoms with Crippen molar-refractivity contribution in [2.75, 3.05) is 52.1 Å². The van der Waals surface area contributed by atoms with Crippen LogP contribution in [0, 0.1) is 24.1 Å². The van der Waals surface area contributed by atoms with Crippen molar-refractivity contribution < 1.29 is 18.7 Å². The molecule has 2 aromatic carbocycles. The number of rotatable bonds is 10. The number of ether oxygens (including phenoxy) is 1. The second-order valence-electron chi connectivity index (χ2n) is 14.3. The number of halogens is 1. The number of carbonyl (C=O) groups excluding carboxylic acids is 2. The molecule has 0 bridgehead atoms. The minimum Gasteiger partial charge on any atom is -0.451 e. The van der Waals surface area contributed by atoms with Crippen molar-refractivity contribution in [3.8, 4) is 17.6 Å². The van der Waals surface area contributed by atoms with Crippen LogP contribution >= 0.6 is 0 Å². The zero-order valence-electron chi connectivity index (χ0n) is 30.9. The highest BCUT2D eigenvalue weighted by atomic mass is 19.1. The van der Waals surface area contributed by atoms with Crippen molar-refractivity contribution in [2.45, 2.75) is 71.8 Å². The van der Waals surface area contributed by atoms with Gasteiger partial charge in [-0.15, -0.1) is 0 Å². The Kier molecular flexibility index (Phi) is 11.1. The van der Waals surface area contributed by atoms with E-state index in [0.29, 0.717) is 23.8 Å². The van der Waals surface area contributed by atoms with Gasteiger partial charge >= 0.3 is 0 Å². The molecule has 12 nitrogen and oxygen atoms in total. The predicted molar refractivity (Wildman–Crippen MR) is 198 cm³/mol. The van der Waals surface area contributed by atoms with Crippen molar-refractivity contribution in [1.29, 1.82) is 5.26 Å². The van der Waals surface area contributed by atoms with Gasteiger partial charge in [0.1, 0.15) is 29.7 Å². The highest BCUT2D eigenvalue weighted by Gasteiger charge is 2.30. The predicted octanol–water partition coefficient (Wildman–Crippen LogP) is 5.26. The van der Waals surface area contributed by atoms with Crippen molar-refractivity contribution in [1.82, 2.24) is 34.1 Å². The molecule has 2 aliphatic rings. The smallest absolute Gasteiger partial charge is 0.257 e. The molecule has 52 heavy (non-hydrogen) atoms. The summed E-state index contributed by atoms with van der Waals surface area (Å²) in [6.07, 6.45) is 4.76. The van der Waals surface area contributed by atoms with Crippen LogP contribution in [-0.2, 0) is 17.9 Å². The number of anilines is 1. The van der Waals surface area contributed by atoms with Crippen LogP contribution in [0.4, 0.5) is 10.2 Å². The lowest BCUT2D eigenvalue weighted by molar-refractivity contribution is -0.134. The molecule has 2 fully saturated rings. The minimum absolute atomic E-state index is 0.118. The van der Waals surface area contributed by atoms with E-state index < -0.39 is 5.82 Å². The molecule has 1 N–H and O–H groups in total. The molecule has 2 saturated heterocycles. The summed E-state index contributed by atoms with van der Waals surface area (Å²) in [5, 5.41) is 14.7. The fraction of sp³-hybridized carbons (Fsp3) is 0.462. The van der Waals surface area contributed by atoms with Crippen molar-refractivity contribution in [3.05, 3.63) is 77.1 Å². The number of hydrogen-bond acceptors (Lipinski definition) is 9. The maximum Gasteiger partial charge on any atom is 0.257 e. The van der Waals surface area contributed by atoms with Crippen LogP contribution in [0.25, 0.3) is 10.9 Å². The average molecular weight is 710 g/mol. The lowest BCUT2D eigenvalue weighted by Crippen LogP contribution is -2.58. The molecule has 274 valence electrons. The summed E-state index contributed by atoms with van der Waals surface area (Å²) >= 11 is 0. The van der Waals surface area contributed by atoms with Crippen LogP contribution < -0.4 is 10.1 Å². The quantitative estimate of drug-likeness (QED) is 0.235. The Labute approximate surface area is 304 Å². The SMILES string of the molecule is CC(=O)N1CC(C)N(CCn2c(C#N)cc3c(C)c(CN4CCC(Nc5ncncc5Oc5ccc(F)cc5C(=O)N(C)C)CC4)ccc32)CC1C. The van der Waals surface area contributed by atoms with Crippen LogP contribution in [0.5, 0.6) is 11.5 Å². The topological polar surface area (TPSA) is 123 Å². The number of aromatic nitrogens is 3. The minimum atomic E-state index is -0.523. The molecule has 0 saturated carbocycles. The Balaban J connectivity index is 1.08. The van der Waals surface area contributed by atoms with Gasteiger partial charge in [0.05, 0.1) is 11.8 Å². The van der Waals surface area contributed by atoms with Crippen molar-refractivity contribution in [3.63, 3.8) is 0 Å². The number of nitriles is 1. The molecule has 0 radical (unpaired) electrons. The van der Waals surface area contributed by atoms with Gasteiger partial charge in [-0.1, -0.05) is 6.07 Å². The van der Waals surface area contributed by atoms with E-state index in [-0.39, 0.29) is 41.3 Å². The third kappa shape index (κ3) is 7.88. The largest absolute Gasteiger partial charge is 0.451 e. The van der Waals surface area contributed by atoms with E-state index in [2.05, 4.69) is 68.6 Å². The second kappa shape index (κ2) is 15.7. The van der Waals surface area contributed by atoms with E-state index >= 15 is 0 Å². The molecule has 2 aromatic heterocycles. The molecule has 6 rings (SSSR count). The summed E-state index contributed by atoms with van der Waals surface area (Å²) in [6, 6.07) is 13.2. The normalized spacial score (nSPS) is 18.7. The van der Waals surface area contributed by atoms with Crippen molar-refractivity contribution in [2.24, 2.45) is 0 Å². The number of benzene rings is 2. The van der Waals surface area contributed by atoms with Crippen LogP contribution in [0.1, 0.15) is 60.8 Å². The molecule has 2 aliphatic heterocycles. The summed E-state index contributed by atoms with van der Waals surface area (Å²) in [7, 11) is 3.21. The molecule has 0 aliphatic carbocycles. The molecule has 13 heteroatoms. The van der Waals surface area contributed by atoms with Gasteiger partial charge in [0.2, 0.25) is 5.91 Å². The van der Waals surface area contributed by atoms with Crippen LogP contribution in [0.15, 0.2) is 48.9 Å². The number of nitrogens with zero attached hydrogens (tertiary/aromatic N) is 8. The molecule has 2 amide bonds. The number of nitrogens with one attached hydrogen (secondary N) is 1. The molecule has 4 aromatic rings. The highest BCUT2D eigenvalue weighted by Crippen LogP contribution is 2.32. The van der Waals surface area contributed by atoms with E-state index in [9.17, 15) is 19.2 Å². The van der Waals surface area contributed by atoms with Gasteiger partial charge in [-0.3, -0.25) is 19.4 Å². The standard InChI is InChI=1S/C39H48FN9O3/c1-25-22-49(28(4)50)26(2)21-47(25)15-16-48-32(19-41)18-33-27(3)29(7-9-35(33)48)23-46-13-11-31(12-14-46)44-38-37(20-42-24-43-38)52-36-10-8-30(40)17-34(36)39(51)45(5)6/h7-10,17-18,20,24-26,31H,11-16,21-23H2,1-6H3,(H,42,43,44). The Bertz CT molecular complexity index is 1980. The molecule has 2 unspecified atom stereocenters. The third-order valence-corrected chi connectivity index (χ3v) is 10.5. The number of aryl methyl sites for hydroxylation is 1. The maximum atomic E-state index is 14.0. The van der Waals surface area contributed by atoms with Gasteiger partial charge in [-0.05, 0) is 75.1 Å². The number of carbonyl (C=O) groups is 2. The van der Waals surface area contributed by atoms with Crippen LogP contribution in [-0.4, -0.2) is 111 Å². The second-order valence-corrected chi connectivity index (χ2v) is 14.3. The lowest BCUT2D eigenvalue weighted by atomic mass is 10.0. The van der Waals surface area contributed by atoms with Gasteiger partial charge in [0, 0.05) is 95.9 Å². The number of fused-ring (bicyclic) bond motifs is 1. The first-order valence-electron chi connectivity index (χ1n) is 17.9. The van der Waals surface area contributed by atoms with E-state index in [1.165, 1.54) is 40.6 Å². The van der Waals surface area contributed by atoms with E-state index in [4.69, 9.17) is 4.74 Å². The fourth-order valence-electron chi connectivity index (χ4n) is 7.49. The number of piperazine rings is 1. The van der Waals surface area contributed by atoms with Crippen molar-refractivity contribution >= 4 is 28.5 Å². The van der Waals surface area contributed by atoms with E-state index in [0.717, 1.165) is 63.0 Å². The zero-order valence-corrected chi connectivity index (χ0v) is 30.9. The molecular weight excluding hydrogens is 661 g/mol. The fourth-order valence-corrected chi connectivity index (χ4v) is 7.49. The van der Waals surface area contributed by atoms with Gasteiger partial charge in [-0.25, -0.2) is 14.4 Å². The molecular formula is C39H48FN9O3. The molecule has 2 atom stereocenters. The Hall–Kier alpha value is -5.06. The van der Waals surface area contributed by atoms with E-state index in [1.807, 2.05) is 11.0 Å². The first kappa shape index (κ1) is 36.7. The first-order chi connectivity index (χ1) is 24.9. The van der Waals surface area contributed by atoms with Gasteiger partial charge in [0.15, 0.2) is 11.6 Å². The summed E-state index contributed by atoms with van der Waals surface area (Å²) in [5.41, 5.74) is 4.30. The van der Waals surface area contributed by atoms with E-state index in [1.54, 1.807) is 27.2 Å². The summed E-state index contributed by atoms with van der Waals surface area (Å²) in [6.45, 7) is 13.7. The highest BCUT2D eigenvalue weighted by molar-refractivity contribution is 5.96. The van der Waals surface area contributed by atoms with Gasteiger partial charge < -0.3 is 24.4 Å². The zero-order chi connectivity index (χ0) is 37.1. The monoisotopic (exact) mass is 709 g/mol. The van der Waals surface area contributed by atoms with Gasteiger partial charge in [0.25, 0.3) is 5.91 Å². The average Bonchev–Trinajstić information content (AvgIpc) is 3.49. The van der Waals surface area contributed by atoms with Crippen LogP contribution in [0.3, 0.4) is 0 Å². The summed E-state index contributed by atoms with van der Waals surface area (Å²) < 4.78 is 22.3. The first-order valence-corrected chi connectivity index (χ1v) is 17.9. The number of hydrogen-bond donors (Lipinski definition) is 1.